The van der Waals surface area contributed by atoms with E-state index in [0.717, 1.165) is 5.82 Å². The Morgan fingerprint density at radius 2 is 2.62 bits per heavy atom. The van der Waals surface area contributed by atoms with Gasteiger partial charge in [-0.25, -0.2) is 0 Å². The van der Waals surface area contributed by atoms with E-state index >= 15 is 0 Å². The van der Waals surface area contributed by atoms with E-state index in [-0.39, 0.29) is 0 Å². The maximum absolute atomic E-state index is 4.13. The second-order valence-corrected chi connectivity index (χ2v) is 4.55. The lowest BCUT2D eigenvalue weighted by atomic mass is 10.2. The Hall–Kier alpha value is -0.640. The van der Waals surface area contributed by atoms with Crippen molar-refractivity contribution in [3.63, 3.8) is 0 Å². The third-order valence-electron chi connectivity index (χ3n) is 2.33. The molecular weight excluding hydrogens is 182 g/mol. The molecule has 0 aliphatic carbocycles. The third-order valence-corrected chi connectivity index (χ3v) is 3.55. The van der Waals surface area contributed by atoms with Gasteiger partial charge in [0.05, 0.1) is 6.20 Å². The predicted molar refractivity (Wildman–Crippen MR) is 57.2 cm³/mol. The van der Waals surface area contributed by atoms with Crippen LogP contribution in [0.3, 0.4) is 0 Å². The highest BCUT2D eigenvalue weighted by atomic mass is 32.2. The Bertz CT molecular complexity index is 266. The first-order valence-electron chi connectivity index (χ1n) is 4.68. The van der Waals surface area contributed by atoms with Crippen LogP contribution in [0.5, 0.6) is 0 Å². The van der Waals surface area contributed by atoms with E-state index in [4.69, 9.17) is 0 Å². The molecule has 0 saturated carbocycles. The molecule has 0 radical (unpaired) electrons. The van der Waals surface area contributed by atoms with E-state index in [1.165, 1.54) is 24.3 Å². The SMILES string of the molecule is Cn1nccc1NC1CCCSC1. The molecule has 1 saturated heterocycles. The van der Waals surface area contributed by atoms with Crippen LogP contribution in [-0.4, -0.2) is 27.3 Å². The van der Waals surface area contributed by atoms with Crippen molar-refractivity contribution < 1.29 is 0 Å². The normalized spacial score (nSPS) is 23.0. The average Bonchev–Trinajstić information content (AvgIpc) is 2.54. The van der Waals surface area contributed by atoms with E-state index in [0.29, 0.717) is 6.04 Å². The van der Waals surface area contributed by atoms with E-state index < -0.39 is 0 Å². The Morgan fingerprint density at radius 1 is 1.69 bits per heavy atom. The Labute approximate surface area is 82.9 Å². The van der Waals surface area contributed by atoms with Gasteiger partial charge in [-0.2, -0.15) is 16.9 Å². The minimum absolute atomic E-state index is 0.633. The highest BCUT2D eigenvalue weighted by Gasteiger charge is 2.13. The van der Waals surface area contributed by atoms with Gasteiger partial charge in [-0.15, -0.1) is 0 Å². The number of thioether (sulfide) groups is 1. The van der Waals surface area contributed by atoms with E-state index in [1.54, 1.807) is 0 Å². The van der Waals surface area contributed by atoms with Crippen molar-refractivity contribution in [2.45, 2.75) is 18.9 Å². The van der Waals surface area contributed by atoms with Gasteiger partial charge >= 0.3 is 0 Å². The van der Waals surface area contributed by atoms with Crippen LogP contribution in [-0.2, 0) is 7.05 Å². The quantitative estimate of drug-likeness (QED) is 0.783. The van der Waals surface area contributed by atoms with Gasteiger partial charge in [0.15, 0.2) is 0 Å². The van der Waals surface area contributed by atoms with Crippen molar-refractivity contribution >= 4 is 17.6 Å². The maximum atomic E-state index is 4.13. The molecule has 1 aliphatic rings. The molecule has 1 fully saturated rings. The summed E-state index contributed by atoms with van der Waals surface area (Å²) in [4.78, 5) is 0. The minimum atomic E-state index is 0.633. The highest BCUT2D eigenvalue weighted by Crippen LogP contribution is 2.20. The lowest BCUT2D eigenvalue weighted by Crippen LogP contribution is -2.26. The fourth-order valence-corrected chi connectivity index (χ4v) is 2.65. The van der Waals surface area contributed by atoms with Crippen molar-refractivity contribution in [2.24, 2.45) is 7.05 Å². The first-order valence-corrected chi connectivity index (χ1v) is 5.84. The summed E-state index contributed by atoms with van der Waals surface area (Å²) in [7, 11) is 1.97. The van der Waals surface area contributed by atoms with Crippen LogP contribution < -0.4 is 5.32 Å². The van der Waals surface area contributed by atoms with Crippen LogP contribution in [0.2, 0.25) is 0 Å². The standard InChI is InChI=1S/C9H15N3S/c1-12-9(4-5-10-12)11-8-3-2-6-13-7-8/h4-5,8,11H,2-3,6-7H2,1H3. The summed E-state index contributed by atoms with van der Waals surface area (Å²) in [6, 6.07) is 2.66. The molecule has 13 heavy (non-hydrogen) atoms. The van der Waals surface area contributed by atoms with Gasteiger partial charge in [-0.3, -0.25) is 4.68 Å². The van der Waals surface area contributed by atoms with Crippen molar-refractivity contribution in [2.75, 3.05) is 16.8 Å². The molecule has 4 heteroatoms. The van der Waals surface area contributed by atoms with Gasteiger partial charge in [0, 0.05) is 24.9 Å². The number of aryl methyl sites for hydroxylation is 1. The number of nitrogens with one attached hydrogen (secondary N) is 1. The summed E-state index contributed by atoms with van der Waals surface area (Å²) in [5.74, 6) is 3.68. The first-order chi connectivity index (χ1) is 6.36. The lowest BCUT2D eigenvalue weighted by Gasteiger charge is -2.23. The Kier molecular flexibility index (Phi) is 2.78. The molecule has 1 aromatic heterocycles. The Morgan fingerprint density at radius 3 is 3.23 bits per heavy atom. The van der Waals surface area contributed by atoms with Crippen LogP contribution in [0.1, 0.15) is 12.8 Å². The molecular formula is C9H15N3S. The summed E-state index contributed by atoms with van der Waals surface area (Å²) >= 11 is 2.04. The number of nitrogens with zero attached hydrogens (tertiary/aromatic N) is 2. The second-order valence-electron chi connectivity index (χ2n) is 3.40. The van der Waals surface area contributed by atoms with Crippen molar-refractivity contribution in [3.8, 4) is 0 Å². The topological polar surface area (TPSA) is 29.9 Å². The summed E-state index contributed by atoms with van der Waals surface area (Å²) in [5, 5.41) is 7.64. The fraction of sp³-hybridized carbons (Fsp3) is 0.667. The molecule has 3 nitrogen and oxygen atoms in total. The molecule has 0 amide bonds. The number of anilines is 1. The first kappa shape index (κ1) is 8.94. The lowest BCUT2D eigenvalue weighted by molar-refractivity contribution is 0.667. The largest absolute Gasteiger partial charge is 0.367 e. The van der Waals surface area contributed by atoms with Gasteiger partial charge in [0.25, 0.3) is 0 Å². The summed E-state index contributed by atoms with van der Waals surface area (Å²) in [6.07, 6.45) is 4.46. The monoisotopic (exact) mass is 197 g/mol. The molecule has 2 rings (SSSR count). The molecule has 1 atom stereocenters. The van der Waals surface area contributed by atoms with Gasteiger partial charge in [0.2, 0.25) is 0 Å². The minimum Gasteiger partial charge on any atom is -0.367 e. The van der Waals surface area contributed by atoms with Gasteiger partial charge in [-0.1, -0.05) is 0 Å². The Balaban J connectivity index is 1.93. The van der Waals surface area contributed by atoms with Gasteiger partial charge < -0.3 is 5.32 Å². The molecule has 1 aliphatic heterocycles. The molecule has 1 N–H and O–H groups in total. The second kappa shape index (κ2) is 4.05. The smallest absolute Gasteiger partial charge is 0.124 e. The van der Waals surface area contributed by atoms with E-state index in [2.05, 4.69) is 10.4 Å². The molecule has 0 bridgehead atoms. The summed E-state index contributed by atoms with van der Waals surface area (Å²) < 4.78 is 1.89. The summed E-state index contributed by atoms with van der Waals surface area (Å²) in [6.45, 7) is 0. The highest BCUT2D eigenvalue weighted by molar-refractivity contribution is 7.99. The molecule has 0 aromatic carbocycles. The van der Waals surface area contributed by atoms with E-state index in [9.17, 15) is 0 Å². The number of aromatic nitrogens is 2. The van der Waals surface area contributed by atoms with Crippen LogP contribution in [0.4, 0.5) is 5.82 Å². The fourth-order valence-electron chi connectivity index (χ4n) is 1.58. The molecule has 1 unspecified atom stereocenters. The summed E-state index contributed by atoms with van der Waals surface area (Å²) in [5.41, 5.74) is 0. The van der Waals surface area contributed by atoms with Crippen molar-refractivity contribution in [1.82, 2.24) is 9.78 Å². The average molecular weight is 197 g/mol. The third kappa shape index (κ3) is 2.18. The number of hydrogen-bond acceptors (Lipinski definition) is 3. The zero-order chi connectivity index (χ0) is 9.10. The predicted octanol–water partition coefficient (Wildman–Crippen LogP) is 1.73. The molecule has 0 spiro atoms. The van der Waals surface area contributed by atoms with Crippen LogP contribution in [0, 0.1) is 0 Å². The van der Waals surface area contributed by atoms with E-state index in [1.807, 2.05) is 35.8 Å². The number of rotatable bonds is 2. The zero-order valence-electron chi connectivity index (χ0n) is 7.86. The zero-order valence-corrected chi connectivity index (χ0v) is 8.68. The van der Waals surface area contributed by atoms with Gasteiger partial charge in [0.1, 0.15) is 5.82 Å². The molecule has 72 valence electrons. The van der Waals surface area contributed by atoms with Crippen molar-refractivity contribution in [1.29, 1.82) is 0 Å². The van der Waals surface area contributed by atoms with Crippen LogP contribution >= 0.6 is 11.8 Å². The number of hydrogen-bond donors (Lipinski definition) is 1. The molecule has 2 heterocycles. The maximum Gasteiger partial charge on any atom is 0.124 e. The van der Waals surface area contributed by atoms with Crippen LogP contribution in [0.25, 0.3) is 0 Å². The molecule has 1 aromatic rings. The van der Waals surface area contributed by atoms with Crippen molar-refractivity contribution in [3.05, 3.63) is 12.3 Å². The van der Waals surface area contributed by atoms with Crippen LogP contribution in [0.15, 0.2) is 12.3 Å². The van der Waals surface area contributed by atoms with Gasteiger partial charge in [-0.05, 0) is 18.6 Å².